The Morgan fingerprint density at radius 2 is 2.15 bits per heavy atom. The molecule has 3 aliphatic rings. The molecular weight excluding hydrogens is 348 g/mol. The quantitative estimate of drug-likeness (QED) is 0.594. The van der Waals surface area contributed by atoms with Crippen molar-refractivity contribution in [3.05, 3.63) is 0 Å². The summed E-state index contributed by atoms with van der Waals surface area (Å²) in [6.45, 7) is 4.85. The third-order valence-electron chi connectivity index (χ3n) is 5.75. The van der Waals surface area contributed by atoms with E-state index in [4.69, 9.17) is 9.73 Å². The van der Waals surface area contributed by atoms with Crippen LogP contribution in [0.4, 0.5) is 0 Å². The Morgan fingerprint density at radius 3 is 2.85 bits per heavy atom. The maximum absolute atomic E-state index is 12.0. The number of carbonyl (C=O) groups is 1. The van der Waals surface area contributed by atoms with Gasteiger partial charge < -0.3 is 19.9 Å². The normalized spacial score (nSPS) is 26.2. The van der Waals surface area contributed by atoms with Gasteiger partial charge in [0, 0.05) is 56.8 Å². The van der Waals surface area contributed by atoms with Crippen LogP contribution in [0, 0.1) is 5.92 Å². The number of thioether (sulfide) groups is 1. The number of rotatable bonds is 4. The Kier molecular flexibility index (Phi) is 7.09. The largest absolute Gasteiger partial charge is 0.381 e. The second kappa shape index (κ2) is 9.31. The van der Waals surface area contributed by atoms with Crippen molar-refractivity contribution in [2.75, 3.05) is 59.2 Å². The molecule has 7 heteroatoms. The summed E-state index contributed by atoms with van der Waals surface area (Å²) in [7, 11) is 3.57. The summed E-state index contributed by atoms with van der Waals surface area (Å²) < 4.78 is 5.89. The van der Waals surface area contributed by atoms with E-state index in [1.807, 2.05) is 0 Å². The lowest BCUT2D eigenvalue weighted by Crippen LogP contribution is -2.54. The predicted molar refractivity (Wildman–Crippen MR) is 108 cm³/mol. The number of guanidine groups is 1. The molecule has 0 bridgehead atoms. The van der Waals surface area contributed by atoms with Crippen molar-refractivity contribution in [2.45, 2.75) is 43.3 Å². The minimum absolute atomic E-state index is 0.0484. The van der Waals surface area contributed by atoms with Crippen LogP contribution in [0.25, 0.3) is 0 Å². The molecule has 3 fully saturated rings. The smallest absolute Gasteiger partial charge is 0.243 e. The van der Waals surface area contributed by atoms with Gasteiger partial charge in [-0.3, -0.25) is 4.79 Å². The van der Waals surface area contributed by atoms with Gasteiger partial charge in [-0.1, -0.05) is 19.3 Å². The molecular formula is C19H34N4O2S. The monoisotopic (exact) mass is 382 g/mol. The summed E-state index contributed by atoms with van der Waals surface area (Å²) in [5, 5.41) is 3.56. The number of nitrogens with zero attached hydrogens (tertiary/aromatic N) is 3. The first-order valence-corrected chi connectivity index (χ1v) is 11.0. The van der Waals surface area contributed by atoms with E-state index < -0.39 is 0 Å². The van der Waals surface area contributed by atoms with Crippen LogP contribution >= 0.6 is 11.8 Å². The van der Waals surface area contributed by atoms with Gasteiger partial charge in [0.2, 0.25) is 5.91 Å². The molecule has 1 unspecified atom stereocenters. The molecule has 26 heavy (non-hydrogen) atoms. The Labute approximate surface area is 162 Å². The molecule has 148 valence electrons. The van der Waals surface area contributed by atoms with E-state index in [1.165, 1.54) is 32.1 Å². The molecule has 0 radical (unpaired) electrons. The third-order valence-corrected chi connectivity index (χ3v) is 7.28. The van der Waals surface area contributed by atoms with Crippen LogP contribution in [0.3, 0.4) is 0 Å². The number of hydrogen-bond donors (Lipinski definition) is 1. The molecule has 0 aromatic rings. The van der Waals surface area contributed by atoms with Crippen LogP contribution in [-0.2, 0) is 9.53 Å². The van der Waals surface area contributed by atoms with Crippen molar-refractivity contribution >= 4 is 23.6 Å². The van der Waals surface area contributed by atoms with Gasteiger partial charge in [-0.2, -0.15) is 11.8 Å². The molecule has 1 N–H and O–H groups in total. The van der Waals surface area contributed by atoms with E-state index >= 15 is 0 Å². The lowest BCUT2D eigenvalue weighted by Gasteiger charge is -2.45. The first kappa shape index (κ1) is 19.8. The van der Waals surface area contributed by atoms with Crippen molar-refractivity contribution < 1.29 is 9.53 Å². The Balaban J connectivity index is 1.66. The summed E-state index contributed by atoms with van der Waals surface area (Å²) in [6, 6.07) is 0. The molecule has 0 aromatic heterocycles. The third kappa shape index (κ3) is 5.28. The topological polar surface area (TPSA) is 57.2 Å². The SMILES string of the molecule is CN(C)C(=O)CN=C(NCC1CCOC1)N1CCSC2(CCCCC2)C1. The molecule has 2 heterocycles. The molecule has 0 aromatic carbocycles. The lowest BCUT2D eigenvalue weighted by molar-refractivity contribution is -0.127. The first-order chi connectivity index (χ1) is 12.6. The minimum atomic E-state index is 0.0484. The number of likely N-dealkylation sites (N-methyl/N-ethyl adjacent to an activating group) is 1. The fourth-order valence-electron chi connectivity index (χ4n) is 4.06. The molecule has 2 aliphatic heterocycles. The maximum Gasteiger partial charge on any atom is 0.243 e. The molecule has 3 rings (SSSR count). The molecule has 1 atom stereocenters. The standard InChI is InChI=1S/C19H34N4O2S/c1-22(2)17(24)13-21-18(20-12-16-6-10-25-14-16)23-9-11-26-19(15-23)7-4-3-5-8-19/h16H,3-15H2,1-2H3,(H,20,21). The molecule has 2 saturated heterocycles. The van der Waals surface area contributed by atoms with Crippen LogP contribution < -0.4 is 5.32 Å². The first-order valence-electron chi connectivity index (χ1n) is 10.0. The summed E-state index contributed by atoms with van der Waals surface area (Å²) in [5.74, 6) is 2.66. The van der Waals surface area contributed by atoms with E-state index in [2.05, 4.69) is 22.0 Å². The Bertz CT molecular complexity index is 494. The molecule has 1 aliphatic carbocycles. The van der Waals surface area contributed by atoms with Gasteiger partial charge in [0.25, 0.3) is 0 Å². The van der Waals surface area contributed by atoms with E-state index in [1.54, 1.807) is 19.0 Å². The number of aliphatic imine (C=N–C) groups is 1. The number of amides is 1. The summed E-state index contributed by atoms with van der Waals surface area (Å²) in [4.78, 5) is 20.7. The summed E-state index contributed by atoms with van der Waals surface area (Å²) >= 11 is 2.16. The molecule has 1 spiro atoms. The molecule has 1 saturated carbocycles. The van der Waals surface area contributed by atoms with Gasteiger partial charge in [0.15, 0.2) is 5.96 Å². The Hall–Kier alpha value is -0.950. The highest BCUT2D eigenvalue weighted by Crippen LogP contribution is 2.42. The van der Waals surface area contributed by atoms with Crippen molar-refractivity contribution in [3.63, 3.8) is 0 Å². The zero-order chi connectivity index (χ0) is 18.4. The van der Waals surface area contributed by atoms with Crippen molar-refractivity contribution in [2.24, 2.45) is 10.9 Å². The van der Waals surface area contributed by atoms with Gasteiger partial charge in [0.05, 0.1) is 6.61 Å². The van der Waals surface area contributed by atoms with Gasteiger partial charge >= 0.3 is 0 Å². The van der Waals surface area contributed by atoms with Gasteiger partial charge in [-0.25, -0.2) is 4.99 Å². The van der Waals surface area contributed by atoms with Crippen LogP contribution in [0.2, 0.25) is 0 Å². The van der Waals surface area contributed by atoms with Crippen molar-refractivity contribution in [1.82, 2.24) is 15.1 Å². The van der Waals surface area contributed by atoms with Crippen LogP contribution in [0.1, 0.15) is 38.5 Å². The fraction of sp³-hybridized carbons (Fsp3) is 0.895. The zero-order valence-corrected chi connectivity index (χ0v) is 17.2. The maximum atomic E-state index is 12.0. The Morgan fingerprint density at radius 1 is 1.35 bits per heavy atom. The van der Waals surface area contributed by atoms with Gasteiger partial charge in [-0.15, -0.1) is 0 Å². The number of carbonyl (C=O) groups excluding carboxylic acids is 1. The van der Waals surface area contributed by atoms with E-state index in [9.17, 15) is 4.79 Å². The van der Waals surface area contributed by atoms with Crippen LogP contribution in [0.15, 0.2) is 4.99 Å². The van der Waals surface area contributed by atoms with Gasteiger partial charge in [0.1, 0.15) is 6.54 Å². The van der Waals surface area contributed by atoms with Crippen LogP contribution in [-0.4, -0.2) is 85.7 Å². The van der Waals surface area contributed by atoms with Gasteiger partial charge in [-0.05, 0) is 19.3 Å². The second-order valence-corrected chi connectivity index (χ2v) is 9.62. The highest BCUT2D eigenvalue weighted by molar-refractivity contribution is 8.00. The average molecular weight is 383 g/mol. The van der Waals surface area contributed by atoms with E-state index in [0.717, 1.165) is 51.0 Å². The minimum Gasteiger partial charge on any atom is -0.381 e. The second-order valence-electron chi connectivity index (χ2n) is 8.05. The molecule has 6 nitrogen and oxygen atoms in total. The lowest BCUT2D eigenvalue weighted by atomic mass is 9.87. The van der Waals surface area contributed by atoms with Crippen molar-refractivity contribution in [1.29, 1.82) is 0 Å². The van der Waals surface area contributed by atoms with E-state index in [-0.39, 0.29) is 12.5 Å². The highest BCUT2D eigenvalue weighted by Gasteiger charge is 2.38. The number of hydrogen-bond acceptors (Lipinski definition) is 4. The van der Waals surface area contributed by atoms with Crippen LogP contribution in [0.5, 0.6) is 0 Å². The molecule has 1 amide bonds. The predicted octanol–water partition coefficient (Wildman–Crippen LogP) is 1.81. The van der Waals surface area contributed by atoms with Crippen molar-refractivity contribution in [3.8, 4) is 0 Å². The fourth-order valence-corrected chi connectivity index (χ4v) is 5.62. The zero-order valence-electron chi connectivity index (χ0n) is 16.3. The van der Waals surface area contributed by atoms with E-state index in [0.29, 0.717) is 10.7 Å². The summed E-state index contributed by atoms with van der Waals surface area (Å²) in [6.07, 6.45) is 7.80. The number of ether oxygens (including phenoxy) is 1. The average Bonchev–Trinajstić information content (AvgIpc) is 3.15. The number of nitrogens with one attached hydrogen (secondary N) is 1. The summed E-state index contributed by atoms with van der Waals surface area (Å²) in [5.41, 5.74) is 0. The highest BCUT2D eigenvalue weighted by atomic mass is 32.2.